The van der Waals surface area contributed by atoms with Crippen molar-refractivity contribution in [2.24, 2.45) is 0 Å². The highest BCUT2D eigenvalue weighted by molar-refractivity contribution is 5.73. The summed E-state index contributed by atoms with van der Waals surface area (Å²) >= 11 is 0. The fraction of sp³-hybridized carbons (Fsp3) is 0.320. The first-order chi connectivity index (χ1) is 15.7. The molecule has 0 aliphatic carbocycles. The van der Waals surface area contributed by atoms with Crippen molar-refractivity contribution in [1.29, 1.82) is 0 Å². The second-order valence-corrected chi connectivity index (χ2v) is 7.91. The van der Waals surface area contributed by atoms with Crippen molar-refractivity contribution in [2.45, 2.75) is 38.1 Å². The van der Waals surface area contributed by atoms with Gasteiger partial charge in [0.1, 0.15) is 17.0 Å². The van der Waals surface area contributed by atoms with E-state index in [1.807, 2.05) is 47.1 Å². The lowest BCUT2D eigenvalue weighted by Crippen LogP contribution is -2.17. The van der Waals surface area contributed by atoms with Crippen molar-refractivity contribution in [3.63, 3.8) is 0 Å². The van der Waals surface area contributed by atoms with Crippen LogP contribution in [0.15, 0.2) is 65.6 Å². The van der Waals surface area contributed by atoms with E-state index in [1.165, 1.54) is 5.56 Å². The van der Waals surface area contributed by atoms with Gasteiger partial charge in [0.25, 0.3) is 5.56 Å². The SMILES string of the molecule is COc1ccc(Cc2nc3c(cnn3C(CCO)CCCc3ccccc3)c(=O)[nH]2)cc1. The van der Waals surface area contributed by atoms with Crippen LogP contribution in [-0.4, -0.2) is 38.6 Å². The predicted octanol–water partition coefficient (Wildman–Crippen LogP) is 3.67. The summed E-state index contributed by atoms with van der Waals surface area (Å²) in [5, 5.41) is 14.6. The van der Waals surface area contributed by atoms with Crippen LogP contribution in [0.2, 0.25) is 0 Å². The van der Waals surface area contributed by atoms with Gasteiger partial charge >= 0.3 is 0 Å². The van der Waals surface area contributed by atoms with Crippen LogP contribution < -0.4 is 10.3 Å². The first-order valence-corrected chi connectivity index (χ1v) is 10.9. The monoisotopic (exact) mass is 432 g/mol. The topological polar surface area (TPSA) is 93.0 Å². The summed E-state index contributed by atoms with van der Waals surface area (Å²) in [7, 11) is 1.63. The van der Waals surface area contributed by atoms with Gasteiger partial charge in [-0.25, -0.2) is 9.67 Å². The molecule has 7 heteroatoms. The molecule has 0 amide bonds. The lowest BCUT2D eigenvalue weighted by Gasteiger charge is -2.17. The number of nitrogens with zero attached hydrogens (tertiary/aromatic N) is 3. The first kappa shape index (κ1) is 21.8. The molecular formula is C25H28N4O3. The summed E-state index contributed by atoms with van der Waals surface area (Å²) in [6.45, 7) is 0.0548. The average molecular weight is 433 g/mol. The lowest BCUT2D eigenvalue weighted by molar-refractivity contribution is 0.246. The number of hydrogen-bond acceptors (Lipinski definition) is 5. The standard InChI is InChI=1S/C25H28N4O3/c1-32-21-12-10-19(11-13-21)16-23-27-24-22(25(31)28-23)17-26-29(24)20(14-15-30)9-5-8-18-6-3-2-4-7-18/h2-4,6-7,10-13,17,20,30H,5,8-9,14-16H2,1H3,(H,27,28,31). The number of aromatic nitrogens is 4. The minimum absolute atomic E-state index is 0.0238. The molecule has 0 spiro atoms. The number of ether oxygens (including phenoxy) is 1. The van der Waals surface area contributed by atoms with Crippen molar-refractivity contribution in [3.05, 3.63) is 88.1 Å². The number of aliphatic hydroxyl groups is 1. The van der Waals surface area contributed by atoms with Crippen LogP contribution in [0, 0.1) is 0 Å². The van der Waals surface area contributed by atoms with Crippen LogP contribution in [-0.2, 0) is 12.8 Å². The minimum Gasteiger partial charge on any atom is -0.497 e. The summed E-state index contributed by atoms with van der Waals surface area (Å²) in [5.74, 6) is 1.37. The number of hydrogen-bond donors (Lipinski definition) is 2. The molecular weight excluding hydrogens is 404 g/mol. The molecule has 0 fully saturated rings. The first-order valence-electron chi connectivity index (χ1n) is 10.9. The number of aliphatic hydroxyl groups excluding tert-OH is 1. The molecule has 2 heterocycles. The quantitative estimate of drug-likeness (QED) is 0.399. The van der Waals surface area contributed by atoms with Gasteiger partial charge in [-0.15, -0.1) is 0 Å². The van der Waals surface area contributed by atoms with E-state index < -0.39 is 0 Å². The highest BCUT2D eigenvalue weighted by Crippen LogP contribution is 2.23. The minimum atomic E-state index is -0.197. The predicted molar refractivity (Wildman–Crippen MR) is 124 cm³/mol. The van der Waals surface area contributed by atoms with Crippen LogP contribution in [0.4, 0.5) is 0 Å². The molecule has 0 aliphatic rings. The van der Waals surface area contributed by atoms with Gasteiger partial charge in [-0.1, -0.05) is 42.5 Å². The van der Waals surface area contributed by atoms with E-state index in [2.05, 4.69) is 22.2 Å². The maximum Gasteiger partial charge on any atom is 0.262 e. The summed E-state index contributed by atoms with van der Waals surface area (Å²) in [4.78, 5) is 20.3. The summed E-state index contributed by atoms with van der Waals surface area (Å²) in [6.07, 6.45) is 5.39. The van der Waals surface area contributed by atoms with Crippen LogP contribution >= 0.6 is 0 Å². The van der Waals surface area contributed by atoms with E-state index in [1.54, 1.807) is 13.3 Å². The Morgan fingerprint density at radius 2 is 1.84 bits per heavy atom. The molecule has 2 aromatic carbocycles. The second-order valence-electron chi connectivity index (χ2n) is 7.91. The molecule has 0 radical (unpaired) electrons. The Bertz CT molecular complexity index is 1200. The molecule has 1 unspecified atom stereocenters. The van der Waals surface area contributed by atoms with Gasteiger partial charge in [-0.2, -0.15) is 5.10 Å². The van der Waals surface area contributed by atoms with E-state index in [0.29, 0.717) is 29.7 Å². The highest BCUT2D eigenvalue weighted by Gasteiger charge is 2.18. The Balaban J connectivity index is 1.56. The Labute approximate surface area is 186 Å². The molecule has 0 saturated heterocycles. The summed E-state index contributed by atoms with van der Waals surface area (Å²) < 4.78 is 7.01. The number of benzene rings is 2. The third-order valence-corrected chi connectivity index (χ3v) is 5.70. The number of nitrogens with one attached hydrogen (secondary N) is 1. The molecule has 2 N–H and O–H groups in total. The number of aromatic amines is 1. The molecule has 32 heavy (non-hydrogen) atoms. The number of methoxy groups -OCH3 is 1. The van der Waals surface area contributed by atoms with E-state index in [0.717, 1.165) is 30.6 Å². The lowest BCUT2D eigenvalue weighted by atomic mass is 10.0. The van der Waals surface area contributed by atoms with Gasteiger partial charge in [0, 0.05) is 13.0 Å². The molecule has 1 atom stereocenters. The van der Waals surface area contributed by atoms with Crippen LogP contribution in [0.3, 0.4) is 0 Å². The van der Waals surface area contributed by atoms with Gasteiger partial charge in [-0.3, -0.25) is 4.79 Å². The van der Waals surface area contributed by atoms with Gasteiger partial charge in [0.05, 0.1) is 19.3 Å². The highest BCUT2D eigenvalue weighted by atomic mass is 16.5. The maximum absolute atomic E-state index is 12.7. The number of aryl methyl sites for hydroxylation is 1. The summed E-state index contributed by atoms with van der Waals surface area (Å²) in [5.41, 5.74) is 2.68. The van der Waals surface area contributed by atoms with E-state index >= 15 is 0 Å². The number of H-pyrrole nitrogens is 1. The normalized spacial score (nSPS) is 12.2. The zero-order chi connectivity index (χ0) is 22.3. The number of rotatable bonds is 10. The largest absolute Gasteiger partial charge is 0.497 e. The van der Waals surface area contributed by atoms with E-state index in [9.17, 15) is 9.90 Å². The van der Waals surface area contributed by atoms with Gasteiger partial charge in [-0.05, 0) is 48.9 Å². The van der Waals surface area contributed by atoms with E-state index in [-0.39, 0.29) is 18.2 Å². The van der Waals surface area contributed by atoms with Gasteiger partial charge < -0.3 is 14.8 Å². The van der Waals surface area contributed by atoms with Crippen molar-refractivity contribution in [1.82, 2.24) is 19.7 Å². The fourth-order valence-corrected chi connectivity index (χ4v) is 3.99. The Kier molecular flexibility index (Phi) is 6.97. The maximum atomic E-state index is 12.7. The molecule has 7 nitrogen and oxygen atoms in total. The van der Waals surface area contributed by atoms with Gasteiger partial charge in [0.2, 0.25) is 0 Å². The molecule has 4 aromatic rings. The second kappa shape index (κ2) is 10.2. The molecule has 0 bridgehead atoms. The summed E-state index contributed by atoms with van der Waals surface area (Å²) in [6, 6.07) is 18.0. The zero-order valence-corrected chi connectivity index (χ0v) is 18.2. The zero-order valence-electron chi connectivity index (χ0n) is 18.2. The van der Waals surface area contributed by atoms with Crippen LogP contribution in [0.25, 0.3) is 11.0 Å². The molecule has 0 saturated carbocycles. The molecule has 166 valence electrons. The molecule has 0 aliphatic heterocycles. The van der Waals surface area contributed by atoms with Crippen molar-refractivity contribution in [2.75, 3.05) is 13.7 Å². The Morgan fingerprint density at radius 1 is 1.06 bits per heavy atom. The Morgan fingerprint density at radius 3 is 2.56 bits per heavy atom. The molecule has 4 rings (SSSR count). The fourth-order valence-electron chi connectivity index (χ4n) is 3.99. The Hall–Kier alpha value is -3.45. The van der Waals surface area contributed by atoms with Crippen LogP contribution in [0.1, 0.15) is 42.3 Å². The molecule has 2 aromatic heterocycles. The third kappa shape index (κ3) is 5.06. The number of fused-ring (bicyclic) bond motifs is 1. The van der Waals surface area contributed by atoms with E-state index in [4.69, 9.17) is 9.72 Å². The van der Waals surface area contributed by atoms with Crippen molar-refractivity contribution >= 4 is 11.0 Å². The average Bonchev–Trinajstić information content (AvgIpc) is 3.24. The third-order valence-electron chi connectivity index (χ3n) is 5.70. The van der Waals surface area contributed by atoms with Gasteiger partial charge in [0.15, 0.2) is 5.65 Å². The van der Waals surface area contributed by atoms with Crippen LogP contribution in [0.5, 0.6) is 5.75 Å². The smallest absolute Gasteiger partial charge is 0.262 e. The van der Waals surface area contributed by atoms with Crippen molar-refractivity contribution in [3.8, 4) is 5.75 Å². The van der Waals surface area contributed by atoms with Crippen molar-refractivity contribution < 1.29 is 9.84 Å².